The molecule has 1 fully saturated rings. The molecule has 0 spiro atoms. The zero-order chi connectivity index (χ0) is 14.8. The molecule has 1 aromatic heterocycles. The Morgan fingerprint density at radius 1 is 1.14 bits per heavy atom. The van der Waals surface area contributed by atoms with Crippen molar-refractivity contribution in [2.45, 2.75) is 33.2 Å². The van der Waals surface area contributed by atoms with Gasteiger partial charge < -0.3 is 10.6 Å². The first-order chi connectivity index (χ1) is 10.1. The van der Waals surface area contributed by atoms with E-state index in [9.17, 15) is 0 Å². The van der Waals surface area contributed by atoms with Gasteiger partial charge in [-0.1, -0.05) is 23.8 Å². The number of aromatic nitrogens is 2. The average molecular weight is 282 g/mol. The normalized spacial score (nSPS) is 18.0. The summed E-state index contributed by atoms with van der Waals surface area (Å²) >= 11 is 0. The van der Waals surface area contributed by atoms with E-state index in [4.69, 9.17) is 4.98 Å². The number of anilines is 1. The molecule has 3 rings (SSSR count). The van der Waals surface area contributed by atoms with E-state index in [1.54, 1.807) is 0 Å². The molecule has 1 atom stereocenters. The van der Waals surface area contributed by atoms with Gasteiger partial charge in [0.15, 0.2) is 0 Å². The summed E-state index contributed by atoms with van der Waals surface area (Å²) in [5.41, 5.74) is 5.69. The van der Waals surface area contributed by atoms with Crippen molar-refractivity contribution in [3.8, 4) is 11.3 Å². The van der Waals surface area contributed by atoms with Crippen LogP contribution >= 0.6 is 0 Å². The summed E-state index contributed by atoms with van der Waals surface area (Å²) < 4.78 is 0. The number of nitrogens with zero attached hydrogens (tertiary/aromatic N) is 2. The van der Waals surface area contributed by atoms with Gasteiger partial charge in [0.05, 0.1) is 5.69 Å². The molecule has 1 aliphatic rings. The first kappa shape index (κ1) is 14.0. The van der Waals surface area contributed by atoms with Crippen LogP contribution in [-0.2, 0) is 0 Å². The molecule has 0 bridgehead atoms. The fourth-order valence-electron chi connectivity index (χ4n) is 2.83. The second-order valence-corrected chi connectivity index (χ2v) is 5.87. The van der Waals surface area contributed by atoms with E-state index >= 15 is 0 Å². The van der Waals surface area contributed by atoms with Crippen molar-refractivity contribution in [1.29, 1.82) is 0 Å². The van der Waals surface area contributed by atoms with Crippen molar-refractivity contribution in [2.75, 3.05) is 18.4 Å². The van der Waals surface area contributed by atoms with E-state index in [-0.39, 0.29) is 0 Å². The minimum atomic E-state index is 0.429. The van der Waals surface area contributed by atoms with Crippen molar-refractivity contribution in [2.24, 2.45) is 0 Å². The Labute approximate surface area is 126 Å². The second kappa shape index (κ2) is 5.82. The second-order valence-electron chi connectivity index (χ2n) is 5.87. The minimum Gasteiger partial charge on any atom is -0.350 e. The zero-order valence-electron chi connectivity index (χ0n) is 12.9. The van der Waals surface area contributed by atoms with Crippen LogP contribution in [0.15, 0.2) is 24.3 Å². The van der Waals surface area contributed by atoms with E-state index < -0.39 is 0 Å². The van der Waals surface area contributed by atoms with Crippen molar-refractivity contribution >= 4 is 5.95 Å². The Kier molecular flexibility index (Phi) is 3.88. The maximum Gasteiger partial charge on any atom is 0.223 e. The maximum atomic E-state index is 4.71. The van der Waals surface area contributed by atoms with E-state index in [2.05, 4.69) is 53.7 Å². The molecule has 1 saturated heterocycles. The summed E-state index contributed by atoms with van der Waals surface area (Å²) in [7, 11) is 0. The molecule has 0 amide bonds. The molecule has 0 saturated carbocycles. The number of rotatable bonds is 3. The molecule has 1 aromatic carbocycles. The molecule has 2 N–H and O–H groups in total. The van der Waals surface area contributed by atoms with Crippen LogP contribution in [0.3, 0.4) is 0 Å². The number of aryl methyl sites for hydroxylation is 3. The number of nitrogens with one attached hydrogen (secondary N) is 2. The van der Waals surface area contributed by atoms with Gasteiger partial charge in [0.25, 0.3) is 0 Å². The van der Waals surface area contributed by atoms with E-state index in [1.165, 1.54) is 16.7 Å². The zero-order valence-corrected chi connectivity index (χ0v) is 12.9. The van der Waals surface area contributed by atoms with Crippen LogP contribution in [0.25, 0.3) is 11.3 Å². The maximum absolute atomic E-state index is 4.71. The highest BCUT2D eigenvalue weighted by Gasteiger charge is 2.16. The van der Waals surface area contributed by atoms with E-state index in [1.807, 2.05) is 6.92 Å². The minimum absolute atomic E-state index is 0.429. The van der Waals surface area contributed by atoms with Gasteiger partial charge in [-0.15, -0.1) is 0 Å². The molecule has 4 nitrogen and oxygen atoms in total. The lowest BCUT2D eigenvalue weighted by molar-refractivity contribution is 0.779. The van der Waals surface area contributed by atoms with Crippen LogP contribution < -0.4 is 10.6 Å². The largest absolute Gasteiger partial charge is 0.350 e. The number of hydrogen-bond donors (Lipinski definition) is 2. The lowest BCUT2D eigenvalue weighted by atomic mass is 10.0. The first-order valence-electron chi connectivity index (χ1n) is 7.52. The highest BCUT2D eigenvalue weighted by Crippen LogP contribution is 2.24. The van der Waals surface area contributed by atoms with E-state index in [0.29, 0.717) is 6.04 Å². The van der Waals surface area contributed by atoms with Gasteiger partial charge in [0, 0.05) is 23.8 Å². The molecular formula is C17H22N4. The molecule has 110 valence electrons. The van der Waals surface area contributed by atoms with Gasteiger partial charge in [-0.2, -0.15) is 0 Å². The van der Waals surface area contributed by atoms with Gasteiger partial charge in [0.1, 0.15) is 0 Å². The van der Waals surface area contributed by atoms with Crippen LogP contribution in [0.5, 0.6) is 0 Å². The quantitative estimate of drug-likeness (QED) is 0.909. The highest BCUT2D eigenvalue weighted by atomic mass is 15.1. The summed E-state index contributed by atoms with van der Waals surface area (Å²) in [6, 6.07) is 8.95. The van der Waals surface area contributed by atoms with Crippen LogP contribution in [-0.4, -0.2) is 29.1 Å². The fourth-order valence-corrected chi connectivity index (χ4v) is 2.83. The number of benzene rings is 1. The monoisotopic (exact) mass is 282 g/mol. The molecule has 0 aliphatic carbocycles. The van der Waals surface area contributed by atoms with Gasteiger partial charge in [-0.3, -0.25) is 0 Å². The third-order valence-corrected chi connectivity index (χ3v) is 3.91. The summed E-state index contributed by atoms with van der Waals surface area (Å²) in [5, 5.41) is 6.79. The van der Waals surface area contributed by atoms with Gasteiger partial charge in [-0.05, 0) is 45.4 Å². The number of hydrogen-bond acceptors (Lipinski definition) is 4. The standard InChI is InChI=1S/C17H22N4/c1-11-4-5-15(12(2)8-11)16-9-13(3)19-17(21-16)20-14-6-7-18-10-14/h4-5,8-9,14,18H,6-7,10H2,1-3H3,(H,19,20,21). The fraction of sp³-hybridized carbons (Fsp3) is 0.412. The summed E-state index contributed by atoms with van der Waals surface area (Å²) in [5.74, 6) is 0.735. The Balaban J connectivity index is 1.93. The SMILES string of the molecule is Cc1ccc(-c2cc(C)nc(NC3CCNC3)n2)c(C)c1. The average Bonchev–Trinajstić information content (AvgIpc) is 2.90. The first-order valence-corrected chi connectivity index (χ1v) is 7.52. The molecule has 2 heterocycles. The van der Waals surface area contributed by atoms with Gasteiger partial charge in [0.2, 0.25) is 5.95 Å². The van der Waals surface area contributed by atoms with Crippen LogP contribution in [0.4, 0.5) is 5.95 Å². The van der Waals surface area contributed by atoms with Gasteiger partial charge >= 0.3 is 0 Å². The summed E-state index contributed by atoms with van der Waals surface area (Å²) in [4.78, 5) is 9.23. The van der Waals surface area contributed by atoms with Crippen molar-refractivity contribution in [1.82, 2.24) is 15.3 Å². The highest BCUT2D eigenvalue weighted by molar-refractivity contribution is 5.65. The molecular weight excluding hydrogens is 260 g/mol. The van der Waals surface area contributed by atoms with Crippen LogP contribution in [0, 0.1) is 20.8 Å². The van der Waals surface area contributed by atoms with Gasteiger partial charge in [-0.25, -0.2) is 9.97 Å². The molecule has 0 radical (unpaired) electrons. The molecule has 4 heteroatoms. The smallest absolute Gasteiger partial charge is 0.223 e. The topological polar surface area (TPSA) is 49.8 Å². The summed E-state index contributed by atoms with van der Waals surface area (Å²) in [6.45, 7) is 8.31. The summed E-state index contributed by atoms with van der Waals surface area (Å²) in [6.07, 6.45) is 1.12. The third kappa shape index (κ3) is 3.22. The molecule has 2 aromatic rings. The lowest BCUT2D eigenvalue weighted by Gasteiger charge is -2.14. The third-order valence-electron chi connectivity index (χ3n) is 3.91. The predicted octanol–water partition coefficient (Wildman–Crippen LogP) is 2.84. The Hall–Kier alpha value is -1.94. The van der Waals surface area contributed by atoms with Crippen molar-refractivity contribution in [3.63, 3.8) is 0 Å². The van der Waals surface area contributed by atoms with Crippen molar-refractivity contribution in [3.05, 3.63) is 41.1 Å². The Morgan fingerprint density at radius 3 is 2.71 bits per heavy atom. The molecule has 1 aliphatic heterocycles. The van der Waals surface area contributed by atoms with Crippen LogP contribution in [0.2, 0.25) is 0 Å². The predicted molar refractivity (Wildman–Crippen MR) is 86.6 cm³/mol. The Bertz CT molecular complexity index is 645. The van der Waals surface area contributed by atoms with E-state index in [0.717, 1.165) is 36.8 Å². The lowest BCUT2D eigenvalue weighted by Crippen LogP contribution is -2.23. The van der Waals surface area contributed by atoms with Crippen molar-refractivity contribution < 1.29 is 0 Å². The Morgan fingerprint density at radius 2 is 2.00 bits per heavy atom. The van der Waals surface area contributed by atoms with Crippen LogP contribution in [0.1, 0.15) is 23.2 Å². The molecule has 21 heavy (non-hydrogen) atoms. The molecule has 1 unspecified atom stereocenters.